The second-order valence-electron chi connectivity index (χ2n) is 2.83. The Labute approximate surface area is 74.5 Å². The van der Waals surface area contributed by atoms with Gasteiger partial charge in [0.05, 0.1) is 13.0 Å². The molecular formula is C8H11F4N. The summed E-state index contributed by atoms with van der Waals surface area (Å²) in [4.78, 5) is 0. The molecule has 0 spiro atoms. The Bertz CT molecular complexity index is 208. The van der Waals surface area contributed by atoms with E-state index >= 15 is 0 Å². The van der Waals surface area contributed by atoms with Gasteiger partial charge in [0, 0.05) is 6.04 Å². The molecule has 0 aliphatic rings. The van der Waals surface area contributed by atoms with Gasteiger partial charge in [-0.3, -0.25) is 0 Å². The molecule has 0 saturated heterocycles. The van der Waals surface area contributed by atoms with E-state index in [1.165, 1.54) is 6.92 Å². The van der Waals surface area contributed by atoms with Gasteiger partial charge in [-0.05, 0) is 13.8 Å². The Kier molecular flexibility index (Phi) is 4.05. The number of halogens is 4. The van der Waals surface area contributed by atoms with Gasteiger partial charge in [0.15, 0.2) is 0 Å². The summed E-state index contributed by atoms with van der Waals surface area (Å²) in [6.45, 7) is 1.07. The fourth-order valence-electron chi connectivity index (χ4n) is 0.779. The first-order valence-corrected chi connectivity index (χ1v) is 3.67. The molecule has 0 heterocycles. The molecule has 76 valence electrons. The third-order valence-corrected chi connectivity index (χ3v) is 1.13. The van der Waals surface area contributed by atoms with Crippen molar-refractivity contribution in [3.05, 3.63) is 0 Å². The van der Waals surface area contributed by atoms with Gasteiger partial charge in [-0.2, -0.15) is 0 Å². The van der Waals surface area contributed by atoms with Crippen LogP contribution in [-0.4, -0.2) is 18.4 Å². The Morgan fingerprint density at radius 3 is 2.15 bits per heavy atom. The van der Waals surface area contributed by atoms with Crippen molar-refractivity contribution in [2.24, 2.45) is 0 Å². The van der Waals surface area contributed by atoms with Crippen molar-refractivity contribution in [3.8, 4) is 12.0 Å². The number of alkyl halides is 4. The predicted molar refractivity (Wildman–Crippen MR) is 41.6 cm³/mol. The van der Waals surface area contributed by atoms with Crippen molar-refractivity contribution in [2.75, 3.05) is 6.54 Å². The normalized spacial score (nSPS) is 11.8. The minimum Gasteiger partial charge on any atom is -0.340 e. The molecule has 0 aliphatic carbocycles. The summed E-state index contributed by atoms with van der Waals surface area (Å²) >= 11 is 0. The first-order valence-electron chi connectivity index (χ1n) is 3.67. The van der Waals surface area contributed by atoms with E-state index in [0.29, 0.717) is 6.92 Å². The fraction of sp³-hybridized carbons (Fsp3) is 0.750. The van der Waals surface area contributed by atoms with Crippen LogP contribution in [0.2, 0.25) is 0 Å². The average molecular weight is 197 g/mol. The highest BCUT2D eigenvalue weighted by Gasteiger charge is 2.39. The highest BCUT2D eigenvalue weighted by molar-refractivity contribution is 4.93. The maximum Gasteiger partial charge on any atom is 0.271 e. The van der Waals surface area contributed by atoms with Crippen molar-refractivity contribution in [1.29, 1.82) is 0 Å². The highest BCUT2D eigenvalue weighted by atomic mass is 19.3. The minimum absolute atomic E-state index is 0.465. The second kappa shape index (κ2) is 4.35. The van der Waals surface area contributed by atoms with Crippen molar-refractivity contribution in [1.82, 2.24) is 5.32 Å². The van der Waals surface area contributed by atoms with E-state index in [1.54, 1.807) is 0 Å². The lowest BCUT2D eigenvalue weighted by molar-refractivity contribution is -0.0969. The topological polar surface area (TPSA) is 12.0 Å². The molecule has 0 atom stereocenters. The number of hydrogen-bond donors (Lipinski definition) is 1. The number of nitrogens with one attached hydrogen (secondary N) is 1. The second-order valence-corrected chi connectivity index (χ2v) is 2.83. The van der Waals surface area contributed by atoms with E-state index < -0.39 is 24.8 Å². The smallest absolute Gasteiger partial charge is 0.271 e. The largest absolute Gasteiger partial charge is 0.340 e. The summed E-state index contributed by atoms with van der Waals surface area (Å²) in [7, 11) is 0. The average Bonchev–Trinajstić information content (AvgIpc) is 1.81. The van der Waals surface area contributed by atoms with E-state index in [1.807, 2.05) is 0 Å². The van der Waals surface area contributed by atoms with Crippen LogP contribution in [0.1, 0.15) is 20.3 Å². The molecule has 0 saturated carbocycles. The molecule has 13 heavy (non-hydrogen) atoms. The van der Waals surface area contributed by atoms with Crippen molar-refractivity contribution in [2.45, 2.75) is 32.1 Å². The molecule has 0 aliphatic heterocycles. The van der Waals surface area contributed by atoms with Gasteiger partial charge in [0.2, 0.25) is 0 Å². The molecular weight excluding hydrogens is 186 g/mol. The SMILES string of the molecule is CC#CNCC(F)(F)CC(C)(F)F. The van der Waals surface area contributed by atoms with Crippen LogP contribution in [0.25, 0.3) is 0 Å². The molecule has 0 unspecified atom stereocenters. The summed E-state index contributed by atoms with van der Waals surface area (Å²) in [5, 5.41) is 2.05. The molecule has 0 fully saturated rings. The van der Waals surface area contributed by atoms with Gasteiger partial charge in [-0.15, -0.1) is 0 Å². The fourth-order valence-corrected chi connectivity index (χ4v) is 0.779. The number of hydrogen-bond acceptors (Lipinski definition) is 1. The quantitative estimate of drug-likeness (QED) is 0.414. The van der Waals surface area contributed by atoms with E-state index in [9.17, 15) is 17.6 Å². The van der Waals surface area contributed by atoms with E-state index in [-0.39, 0.29) is 0 Å². The minimum atomic E-state index is -3.43. The van der Waals surface area contributed by atoms with E-state index in [0.717, 1.165) is 0 Å². The van der Waals surface area contributed by atoms with Crippen LogP contribution in [0.3, 0.4) is 0 Å². The molecule has 0 amide bonds. The van der Waals surface area contributed by atoms with Crippen LogP contribution in [-0.2, 0) is 0 Å². The van der Waals surface area contributed by atoms with Crippen molar-refractivity contribution in [3.63, 3.8) is 0 Å². The molecule has 0 rings (SSSR count). The van der Waals surface area contributed by atoms with Crippen LogP contribution in [0.4, 0.5) is 17.6 Å². The maximum absolute atomic E-state index is 12.6. The van der Waals surface area contributed by atoms with Crippen LogP contribution >= 0.6 is 0 Å². The van der Waals surface area contributed by atoms with Crippen molar-refractivity contribution < 1.29 is 17.6 Å². The van der Waals surface area contributed by atoms with Gasteiger partial charge in [-0.25, -0.2) is 17.6 Å². The van der Waals surface area contributed by atoms with Gasteiger partial charge in [0.25, 0.3) is 11.8 Å². The third kappa shape index (κ3) is 7.44. The maximum atomic E-state index is 12.6. The molecule has 1 nitrogen and oxygen atoms in total. The Hall–Kier alpha value is -0.920. The zero-order valence-electron chi connectivity index (χ0n) is 7.43. The Morgan fingerprint density at radius 1 is 1.23 bits per heavy atom. The van der Waals surface area contributed by atoms with Crippen LogP contribution in [0.5, 0.6) is 0 Å². The molecule has 1 N–H and O–H groups in total. The highest BCUT2D eigenvalue weighted by Crippen LogP contribution is 2.29. The zero-order chi connectivity index (χ0) is 10.5. The summed E-state index contributed by atoms with van der Waals surface area (Å²) in [5.41, 5.74) is 0. The van der Waals surface area contributed by atoms with E-state index in [2.05, 4.69) is 17.3 Å². The molecule has 5 heteroatoms. The predicted octanol–water partition coefficient (Wildman–Crippen LogP) is 2.24. The summed E-state index contributed by atoms with van der Waals surface area (Å²) in [6.07, 6.45) is -1.46. The summed E-state index contributed by atoms with van der Waals surface area (Å²) < 4.78 is 49.6. The molecule has 0 radical (unpaired) electrons. The molecule has 0 aromatic rings. The number of rotatable bonds is 4. The standard InChI is InChI=1S/C8H11F4N/c1-3-4-13-6-8(11,12)5-7(2,9)10/h13H,5-6H2,1-2H3. The Morgan fingerprint density at radius 2 is 1.77 bits per heavy atom. The van der Waals surface area contributed by atoms with Gasteiger partial charge in [0.1, 0.15) is 0 Å². The van der Waals surface area contributed by atoms with E-state index in [4.69, 9.17) is 0 Å². The lowest BCUT2D eigenvalue weighted by Crippen LogP contribution is -2.35. The first kappa shape index (κ1) is 12.1. The molecule has 0 aromatic heterocycles. The first-order chi connectivity index (χ1) is 5.77. The van der Waals surface area contributed by atoms with Gasteiger partial charge < -0.3 is 5.32 Å². The van der Waals surface area contributed by atoms with Crippen LogP contribution in [0.15, 0.2) is 0 Å². The van der Waals surface area contributed by atoms with Gasteiger partial charge in [-0.1, -0.05) is 5.92 Å². The molecule has 0 bridgehead atoms. The molecule has 0 aromatic carbocycles. The summed E-state index contributed by atoms with van der Waals surface area (Å²) in [6, 6.07) is 2.17. The monoisotopic (exact) mass is 197 g/mol. The van der Waals surface area contributed by atoms with Crippen molar-refractivity contribution >= 4 is 0 Å². The van der Waals surface area contributed by atoms with Crippen LogP contribution < -0.4 is 5.32 Å². The zero-order valence-corrected chi connectivity index (χ0v) is 7.43. The van der Waals surface area contributed by atoms with Crippen LogP contribution in [0, 0.1) is 12.0 Å². The lowest BCUT2D eigenvalue weighted by Gasteiger charge is -2.19. The third-order valence-electron chi connectivity index (χ3n) is 1.13. The summed E-state index contributed by atoms with van der Waals surface area (Å²) in [5.74, 6) is -4.46. The van der Waals surface area contributed by atoms with Gasteiger partial charge >= 0.3 is 0 Å². The Balaban J connectivity index is 3.98. The lowest BCUT2D eigenvalue weighted by atomic mass is 10.1.